The van der Waals surface area contributed by atoms with Crippen LogP contribution in [0.5, 0.6) is 0 Å². The molecule has 1 atom stereocenters. The fourth-order valence-corrected chi connectivity index (χ4v) is 4.67. The zero-order valence-electron chi connectivity index (χ0n) is 11.5. The lowest BCUT2D eigenvalue weighted by Crippen LogP contribution is -2.48. The first-order chi connectivity index (χ1) is 8.72. The Kier molecular flexibility index (Phi) is 3.90. The Bertz CT molecular complexity index is 460. The summed E-state index contributed by atoms with van der Waals surface area (Å²) >= 11 is 0. The van der Waals surface area contributed by atoms with Crippen LogP contribution in [0, 0.1) is 11.3 Å². The first-order valence-electron chi connectivity index (χ1n) is 6.70. The van der Waals surface area contributed by atoms with Crippen LogP contribution in [0.2, 0.25) is 0 Å². The summed E-state index contributed by atoms with van der Waals surface area (Å²) in [4.78, 5) is 11.0. The maximum Gasteiger partial charge on any atom is 0.307 e. The Morgan fingerprint density at radius 2 is 1.95 bits per heavy atom. The van der Waals surface area contributed by atoms with E-state index in [1.165, 1.54) is 8.61 Å². The largest absolute Gasteiger partial charge is 0.481 e. The number of rotatable bonds is 3. The van der Waals surface area contributed by atoms with E-state index in [2.05, 4.69) is 13.8 Å². The van der Waals surface area contributed by atoms with E-state index in [1.54, 1.807) is 0 Å². The van der Waals surface area contributed by atoms with E-state index in [0.717, 1.165) is 6.42 Å². The molecule has 0 aliphatic carbocycles. The highest BCUT2D eigenvalue weighted by molar-refractivity contribution is 7.86. The second-order valence-electron chi connectivity index (χ2n) is 6.29. The van der Waals surface area contributed by atoms with Crippen molar-refractivity contribution in [3.05, 3.63) is 0 Å². The van der Waals surface area contributed by atoms with Gasteiger partial charge in [0.15, 0.2) is 0 Å². The molecule has 0 saturated carbocycles. The standard InChI is InChI=1S/C12H22N2O4S/c1-12(2)5-7-14(9-12)19(17,18)13-6-3-4-10(8-13)11(15)16/h10H,3-9H2,1-2H3,(H,15,16). The fraction of sp³-hybridized carbons (Fsp3) is 0.917. The van der Waals surface area contributed by atoms with Gasteiger partial charge in [-0.1, -0.05) is 13.8 Å². The molecule has 1 unspecified atom stereocenters. The molecule has 0 spiro atoms. The summed E-state index contributed by atoms with van der Waals surface area (Å²) in [6, 6.07) is 0. The third-order valence-electron chi connectivity index (χ3n) is 4.03. The molecule has 0 radical (unpaired) electrons. The Morgan fingerprint density at radius 1 is 1.26 bits per heavy atom. The highest BCUT2D eigenvalue weighted by Crippen LogP contribution is 2.32. The molecule has 2 saturated heterocycles. The molecule has 2 fully saturated rings. The second kappa shape index (κ2) is 5.03. The van der Waals surface area contributed by atoms with Gasteiger partial charge in [-0.25, -0.2) is 0 Å². The van der Waals surface area contributed by atoms with Crippen molar-refractivity contribution in [1.29, 1.82) is 0 Å². The van der Waals surface area contributed by atoms with Crippen molar-refractivity contribution in [2.24, 2.45) is 11.3 Å². The van der Waals surface area contributed by atoms with Crippen molar-refractivity contribution in [2.75, 3.05) is 26.2 Å². The summed E-state index contributed by atoms with van der Waals surface area (Å²) in [6.07, 6.45) is 2.03. The van der Waals surface area contributed by atoms with Crippen LogP contribution in [-0.4, -0.2) is 54.3 Å². The summed E-state index contributed by atoms with van der Waals surface area (Å²) in [6.45, 7) is 5.70. The molecule has 0 aromatic heterocycles. The molecule has 19 heavy (non-hydrogen) atoms. The van der Waals surface area contributed by atoms with Crippen LogP contribution in [-0.2, 0) is 15.0 Å². The topological polar surface area (TPSA) is 77.9 Å². The van der Waals surface area contributed by atoms with Crippen molar-refractivity contribution in [1.82, 2.24) is 8.61 Å². The van der Waals surface area contributed by atoms with Gasteiger partial charge in [0.2, 0.25) is 0 Å². The molecular weight excluding hydrogens is 268 g/mol. The van der Waals surface area contributed by atoms with Crippen molar-refractivity contribution in [2.45, 2.75) is 33.1 Å². The summed E-state index contributed by atoms with van der Waals surface area (Å²) in [5, 5.41) is 9.04. The highest BCUT2D eigenvalue weighted by Gasteiger charge is 2.41. The van der Waals surface area contributed by atoms with Crippen molar-refractivity contribution < 1.29 is 18.3 Å². The third-order valence-corrected chi connectivity index (χ3v) is 5.98. The van der Waals surface area contributed by atoms with Crippen molar-refractivity contribution in [3.8, 4) is 0 Å². The summed E-state index contributed by atoms with van der Waals surface area (Å²) in [5.41, 5.74) is 0.00898. The van der Waals surface area contributed by atoms with Crippen LogP contribution in [0.15, 0.2) is 0 Å². The molecule has 0 amide bonds. The third kappa shape index (κ3) is 3.09. The molecule has 110 valence electrons. The predicted molar refractivity (Wildman–Crippen MR) is 70.8 cm³/mol. The average Bonchev–Trinajstić information content (AvgIpc) is 2.70. The zero-order chi connectivity index (χ0) is 14.3. The van der Waals surface area contributed by atoms with Gasteiger partial charge in [0, 0.05) is 26.2 Å². The van der Waals surface area contributed by atoms with E-state index in [1.807, 2.05) is 0 Å². The molecule has 0 bridgehead atoms. The number of carbonyl (C=O) groups is 1. The molecule has 2 rings (SSSR count). The zero-order valence-corrected chi connectivity index (χ0v) is 12.3. The second-order valence-corrected chi connectivity index (χ2v) is 8.22. The van der Waals surface area contributed by atoms with E-state index in [9.17, 15) is 13.2 Å². The average molecular weight is 290 g/mol. The van der Waals surface area contributed by atoms with Crippen molar-refractivity contribution >= 4 is 16.2 Å². The number of nitrogens with zero attached hydrogens (tertiary/aromatic N) is 2. The molecule has 7 heteroatoms. The molecule has 0 aromatic rings. The van der Waals surface area contributed by atoms with E-state index in [4.69, 9.17) is 5.11 Å². The van der Waals surface area contributed by atoms with Crippen LogP contribution in [0.3, 0.4) is 0 Å². The number of hydrogen-bond donors (Lipinski definition) is 1. The van der Waals surface area contributed by atoms with Crippen molar-refractivity contribution in [3.63, 3.8) is 0 Å². The maximum absolute atomic E-state index is 12.5. The molecule has 2 aliphatic heterocycles. The van der Waals surface area contributed by atoms with Gasteiger partial charge in [0.25, 0.3) is 10.2 Å². The number of piperidine rings is 1. The van der Waals surface area contributed by atoms with Gasteiger partial charge in [-0.3, -0.25) is 4.79 Å². The van der Waals surface area contributed by atoms with Gasteiger partial charge in [0.1, 0.15) is 0 Å². The van der Waals surface area contributed by atoms with Crippen LogP contribution in [0.25, 0.3) is 0 Å². The minimum absolute atomic E-state index is 0.00898. The summed E-state index contributed by atoms with van der Waals surface area (Å²) in [7, 11) is -3.50. The highest BCUT2D eigenvalue weighted by atomic mass is 32.2. The molecular formula is C12H22N2O4S. The minimum Gasteiger partial charge on any atom is -0.481 e. The Labute approximate surface area is 114 Å². The predicted octanol–water partition coefficient (Wildman–Crippen LogP) is 0.760. The Balaban J connectivity index is 2.10. The van der Waals surface area contributed by atoms with Crippen LogP contribution in [0.1, 0.15) is 33.1 Å². The Hall–Kier alpha value is -0.660. The van der Waals surface area contributed by atoms with Gasteiger partial charge in [0.05, 0.1) is 5.92 Å². The molecule has 6 nitrogen and oxygen atoms in total. The van der Waals surface area contributed by atoms with Crippen LogP contribution >= 0.6 is 0 Å². The van der Waals surface area contributed by atoms with Gasteiger partial charge in [-0.05, 0) is 24.7 Å². The normalized spacial score (nSPS) is 29.5. The van der Waals surface area contributed by atoms with Gasteiger partial charge >= 0.3 is 5.97 Å². The van der Waals surface area contributed by atoms with E-state index in [-0.39, 0.29) is 12.0 Å². The van der Waals surface area contributed by atoms with E-state index in [0.29, 0.717) is 32.5 Å². The van der Waals surface area contributed by atoms with Crippen LogP contribution < -0.4 is 0 Å². The molecule has 2 heterocycles. The quantitative estimate of drug-likeness (QED) is 0.832. The first-order valence-corrected chi connectivity index (χ1v) is 8.10. The molecule has 0 aromatic carbocycles. The SMILES string of the molecule is CC1(C)CCN(S(=O)(=O)N2CCCC(C(=O)O)C2)C1. The summed E-state index contributed by atoms with van der Waals surface area (Å²) < 4.78 is 27.8. The van der Waals surface area contributed by atoms with Gasteiger partial charge in [-0.15, -0.1) is 0 Å². The first kappa shape index (κ1) is 14.7. The summed E-state index contributed by atoms with van der Waals surface area (Å²) in [5.74, 6) is -1.47. The number of carboxylic acids is 1. The van der Waals surface area contributed by atoms with E-state index < -0.39 is 22.1 Å². The lowest BCUT2D eigenvalue weighted by atomic mass is 9.93. The van der Waals surface area contributed by atoms with Crippen LogP contribution in [0.4, 0.5) is 0 Å². The lowest BCUT2D eigenvalue weighted by molar-refractivity contribution is -0.142. The number of aliphatic carboxylic acids is 1. The number of hydrogen-bond acceptors (Lipinski definition) is 3. The van der Waals surface area contributed by atoms with Gasteiger partial charge in [-0.2, -0.15) is 17.0 Å². The number of carboxylic acid groups (broad SMARTS) is 1. The monoisotopic (exact) mass is 290 g/mol. The lowest BCUT2D eigenvalue weighted by Gasteiger charge is -2.33. The van der Waals surface area contributed by atoms with E-state index >= 15 is 0 Å². The fourth-order valence-electron chi connectivity index (χ4n) is 2.78. The maximum atomic E-state index is 12.5. The minimum atomic E-state index is -3.50. The Morgan fingerprint density at radius 3 is 2.47 bits per heavy atom. The molecule has 2 aliphatic rings. The molecule has 1 N–H and O–H groups in total. The smallest absolute Gasteiger partial charge is 0.307 e. The van der Waals surface area contributed by atoms with Gasteiger partial charge < -0.3 is 5.11 Å².